The van der Waals surface area contributed by atoms with Gasteiger partial charge in [-0.1, -0.05) is 6.08 Å². The van der Waals surface area contributed by atoms with Crippen molar-refractivity contribution in [2.75, 3.05) is 40.8 Å². The monoisotopic (exact) mass is 241 g/mol. The summed E-state index contributed by atoms with van der Waals surface area (Å²) in [6.07, 6.45) is 3.51. The second-order valence-electron chi connectivity index (χ2n) is 5.71. The Morgan fingerprint density at radius 1 is 1.18 bits per heavy atom. The number of carbonyl (C=O) groups is 1. The van der Waals surface area contributed by atoms with Crippen molar-refractivity contribution in [3.05, 3.63) is 12.2 Å². The van der Waals surface area contributed by atoms with E-state index in [0.29, 0.717) is 0 Å². The van der Waals surface area contributed by atoms with Gasteiger partial charge in [0, 0.05) is 31.2 Å². The van der Waals surface area contributed by atoms with E-state index in [-0.39, 0.29) is 11.4 Å². The van der Waals surface area contributed by atoms with Gasteiger partial charge in [0.2, 0.25) is 5.91 Å². The Hall–Kier alpha value is -0.870. The SMILES string of the molecule is CN(C)CCN(C)C/C=C/C(=O)NC(C)(C)C. The number of carbonyl (C=O) groups excluding carboxylic acids is 1. The number of hydrogen-bond donors (Lipinski definition) is 1. The van der Waals surface area contributed by atoms with Gasteiger partial charge in [-0.05, 0) is 41.9 Å². The molecule has 0 aromatic carbocycles. The minimum atomic E-state index is -0.168. The van der Waals surface area contributed by atoms with Crippen LogP contribution in [-0.4, -0.2) is 62.0 Å². The first-order chi connectivity index (χ1) is 7.70. The zero-order chi connectivity index (χ0) is 13.5. The highest BCUT2D eigenvalue weighted by atomic mass is 16.1. The van der Waals surface area contributed by atoms with Crippen LogP contribution in [0.5, 0.6) is 0 Å². The van der Waals surface area contributed by atoms with E-state index >= 15 is 0 Å². The van der Waals surface area contributed by atoms with E-state index in [4.69, 9.17) is 0 Å². The summed E-state index contributed by atoms with van der Waals surface area (Å²) in [5.74, 6) is -0.0292. The van der Waals surface area contributed by atoms with Crippen LogP contribution in [0.4, 0.5) is 0 Å². The number of rotatable bonds is 6. The number of hydrogen-bond acceptors (Lipinski definition) is 3. The Bertz CT molecular complexity index is 254. The van der Waals surface area contributed by atoms with Crippen molar-refractivity contribution in [1.29, 1.82) is 0 Å². The summed E-state index contributed by atoms with van der Waals surface area (Å²) < 4.78 is 0. The quantitative estimate of drug-likeness (QED) is 0.703. The Morgan fingerprint density at radius 3 is 2.24 bits per heavy atom. The molecule has 0 atom stereocenters. The average molecular weight is 241 g/mol. The van der Waals surface area contributed by atoms with Crippen molar-refractivity contribution in [2.45, 2.75) is 26.3 Å². The van der Waals surface area contributed by atoms with E-state index in [9.17, 15) is 4.79 Å². The van der Waals surface area contributed by atoms with Gasteiger partial charge in [0.05, 0.1) is 0 Å². The molecule has 0 aliphatic carbocycles. The third-order valence-corrected chi connectivity index (χ3v) is 2.11. The maximum Gasteiger partial charge on any atom is 0.244 e. The molecule has 100 valence electrons. The molecule has 0 aromatic rings. The highest BCUT2D eigenvalue weighted by molar-refractivity contribution is 5.87. The van der Waals surface area contributed by atoms with Crippen molar-refractivity contribution < 1.29 is 4.79 Å². The molecule has 0 rings (SSSR count). The predicted octanol–water partition coefficient (Wildman–Crippen LogP) is 0.951. The Morgan fingerprint density at radius 2 is 1.76 bits per heavy atom. The maximum absolute atomic E-state index is 11.5. The van der Waals surface area contributed by atoms with Gasteiger partial charge in [0.15, 0.2) is 0 Å². The number of amides is 1. The van der Waals surface area contributed by atoms with Gasteiger partial charge in [-0.25, -0.2) is 0 Å². The van der Waals surface area contributed by atoms with Crippen LogP contribution in [0.2, 0.25) is 0 Å². The molecule has 0 bridgehead atoms. The first-order valence-electron chi connectivity index (χ1n) is 6.02. The summed E-state index contributed by atoms with van der Waals surface area (Å²) in [4.78, 5) is 15.8. The van der Waals surface area contributed by atoms with Gasteiger partial charge < -0.3 is 15.1 Å². The molecule has 17 heavy (non-hydrogen) atoms. The van der Waals surface area contributed by atoms with Crippen molar-refractivity contribution in [1.82, 2.24) is 15.1 Å². The van der Waals surface area contributed by atoms with E-state index in [1.807, 2.05) is 26.8 Å². The van der Waals surface area contributed by atoms with Crippen LogP contribution in [-0.2, 0) is 4.79 Å². The lowest BCUT2D eigenvalue weighted by Crippen LogP contribution is -2.39. The van der Waals surface area contributed by atoms with E-state index in [2.05, 4.69) is 36.3 Å². The van der Waals surface area contributed by atoms with Crippen LogP contribution in [0.3, 0.4) is 0 Å². The normalized spacial score (nSPS) is 12.7. The molecule has 1 N–H and O–H groups in total. The molecule has 0 spiro atoms. The fourth-order valence-electron chi connectivity index (χ4n) is 1.21. The maximum atomic E-state index is 11.5. The number of likely N-dealkylation sites (N-methyl/N-ethyl adjacent to an activating group) is 2. The molecule has 0 saturated carbocycles. The molecule has 4 nitrogen and oxygen atoms in total. The summed E-state index contributed by atoms with van der Waals surface area (Å²) in [5, 5.41) is 2.89. The molecule has 1 amide bonds. The lowest BCUT2D eigenvalue weighted by Gasteiger charge is -2.19. The van der Waals surface area contributed by atoms with E-state index in [1.54, 1.807) is 6.08 Å². The highest BCUT2D eigenvalue weighted by Crippen LogP contribution is 1.98. The smallest absolute Gasteiger partial charge is 0.244 e. The van der Waals surface area contributed by atoms with Gasteiger partial charge in [-0.2, -0.15) is 0 Å². The lowest BCUT2D eigenvalue weighted by atomic mass is 10.1. The third-order valence-electron chi connectivity index (χ3n) is 2.11. The molecule has 0 aromatic heterocycles. The fourth-order valence-corrected chi connectivity index (χ4v) is 1.21. The van der Waals surface area contributed by atoms with Crippen LogP contribution >= 0.6 is 0 Å². The minimum Gasteiger partial charge on any atom is -0.348 e. The van der Waals surface area contributed by atoms with Gasteiger partial charge in [-0.3, -0.25) is 4.79 Å². The molecule has 0 aliphatic rings. The minimum absolute atomic E-state index is 0.0292. The third kappa shape index (κ3) is 11.4. The largest absolute Gasteiger partial charge is 0.348 e. The molecule has 0 radical (unpaired) electrons. The summed E-state index contributed by atoms with van der Waals surface area (Å²) in [6, 6.07) is 0. The Kier molecular flexibility index (Phi) is 7.07. The van der Waals surface area contributed by atoms with Gasteiger partial charge in [-0.15, -0.1) is 0 Å². The van der Waals surface area contributed by atoms with Crippen molar-refractivity contribution in [3.63, 3.8) is 0 Å². The van der Waals surface area contributed by atoms with Crippen molar-refractivity contribution in [2.24, 2.45) is 0 Å². The molecule has 0 heterocycles. The highest BCUT2D eigenvalue weighted by Gasteiger charge is 2.10. The van der Waals surface area contributed by atoms with Gasteiger partial charge >= 0.3 is 0 Å². The van der Waals surface area contributed by atoms with Crippen LogP contribution in [0.25, 0.3) is 0 Å². The molecule has 0 unspecified atom stereocenters. The predicted molar refractivity (Wildman–Crippen MR) is 73.1 cm³/mol. The van der Waals surface area contributed by atoms with E-state index in [1.165, 1.54) is 0 Å². The first kappa shape index (κ1) is 16.1. The second-order valence-corrected chi connectivity index (χ2v) is 5.71. The topological polar surface area (TPSA) is 35.6 Å². The van der Waals surface area contributed by atoms with Gasteiger partial charge in [0.1, 0.15) is 0 Å². The summed E-state index contributed by atoms with van der Waals surface area (Å²) in [6.45, 7) is 8.74. The van der Waals surface area contributed by atoms with Crippen molar-refractivity contribution in [3.8, 4) is 0 Å². The molecular formula is C13H27N3O. The zero-order valence-electron chi connectivity index (χ0n) is 12.1. The molecule has 0 fully saturated rings. The van der Waals surface area contributed by atoms with Crippen LogP contribution < -0.4 is 5.32 Å². The van der Waals surface area contributed by atoms with Crippen LogP contribution in [0.1, 0.15) is 20.8 Å². The van der Waals surface area contributed by atoms with E-state index in [0.717, 1.165) is 19.6 Å². The average Bonchev–Trinajstić information content (AvgIpc) is 2.11. The first-order valence-corrected chi connectivity index (χ1v) is 6.02. The van der Waals surface area contributed by atoms with Gasteiger partial charge in [0.25, 0.3) is 0 Å². The second kappa shape index (κ2) is 7.45. The molecular weight excluding hydrogens is 214 g/mol. The standard InChI is InChI=1S/C13H27N3O/c1-13(2,3)14-12(17)8-7-9-16(6)11-10-15(4)5/h7-8H,9-11H2,1-6H3,(H,14,17)/b8-7+. The van der Waals surface area contributed by atoms with Crippen LogP contribution in [0.15, 0.2) is 12.2 Å². The molecule has 0 aliphatic heterocycles. The zero-order valence-corrected chi connectivity index (χ0v) is 12.1. The Balaban J connectivity index is 3.82. The summed E-state index contributed by atoms with van der Waals surface area (Å²) in [7, 11) is 6.16. The summed E-state index contributed by atoms with van der Waals surface area (Å²) >= 11 is 0. The molecule has 0 saturated heterocycles. The number of nitrogens with zero attached hydrogens (tertiary/aromatic N) is 2. The molecule has 4 heteroatoms. The van der Waals surface area contributed by atoms with Crippen molar-refractivity contribution >= 4 is 5.91 Å². The van der Waals surface area contributed by atoms with Crippen LogP contribution in [0, 0.1) is 0 Å². The summed E-state index contributed by atoms with van der Waals surface area (Å²) in [5.41, 5.74) is -0.168. The fraction of sp³-hybridized carbons (Fsp3) is 0.769. The van der Waals surface area contributed by atoms with E-state index < -0.39 is 0 Å². The Labute approximate surface area is 106 Å². The number of nitrogens with one attached hydrogen (secondary N) is 1. The lowest BCUT2D eigenvalue weighted by molar-refractivity contribution is -0.117.